The zero-order valence-corrected chi connectivity index (χ0v) is 11.4. The standard InChI is InChI=1S/C14H18N4O2/c1-11(18-10-15-9-17-18)14(20)16-7-6-12-2-4-13(8-19)5-3-12/h2-5,9-11,19H,6-8H2,1H3,(H,16,20). The number of aromatic nitrogens is 3. The molecular formula is C14H18N4O2. The fraction of sp³-hybridized carbons (Fsp3) is 0.357. The van der Waals surface area contributed by atoms with Crippen LogP contribution in [-0.4, -0.2) is 32.3 Å². The van der Waals surface area contributed by atoms with Crippen LogP contribution in [0.2, 0.25) is 0 Å². The highest BCUT2D eigenvalue weighted by molar-refractivity contribution is 5.79. The summed E-state index contributed by atoms with van der Waals surface area (Å²) in [5.74, 6) is -0.0810. The SMILES string of the molecule is CC(C(=O)NCCc1ccc(CO)cc1)n1cncn1. The predicted molar refractivity (Wildman–Crippen MR) is 73.8 cm³/mol. The highest BCUT2D eigenvalue weighted by atomic mass is 16.3. The smallest absolute Gasteiger partial charge is 0.244 e. The van der Waals surface area contributed by atoms with Gasteiger partial charge in [0.1, 0.15) is 18.7 Å². The topological polar surface area (TPSA) is 80.0 Å². The van der Waals surface area contributed by atoms with Crippen LogP contribution < -0.4 is 5.32 Å². The molecule has 2 N–H and O–H groups in total. The van der Waals surface area contributed by atoms with Crippen molar-refractivity contribution in [3.8, 4) is 0 Å². The molecule has 1 amide bonds. The van der Waals surface area contributed by atoms with Gasteiger partial charge in [-0.05, 0) is 24.5 Å². The van der Waals surface area contributed by atoms with E-state index in [1.807, 2.05) is 24.3 Å². The van der Waals surface area contributed by atoms with Gasteiger partial charge in [0.2, 0.25) is 5.91 Å². The van der Waals surface area contributed by atoms with Crippen molar-refractivity contribution in [1.29, 1.82) is 0 Å². The minimum atomic E-state index is -0.366. The summed E-state index contributed by atoms with van der Waals surface area (Å²) in [5.41, 5.74) is 2.01. The highest BCUT2D eigenvalue weighted by Crippen LogP contribution is 2.05. The fourth-order valence-electron chi connectivity index (χ4n) is 1.83. The van der Waals surface area contributed by atoms with Crippen molar-refractivity contribution in [2.24, 2.45) is 0 Å². The molecule has 0 bridgehead atoms. The number of aliphatic hydroxyl groups excluding tert-OH is 1. The molecule has 0 spiro atoms. The Morgan fingerprint density at radius 2 is 2.05 bits per heavy atom. The number of carbonyl (C=O) groups is 1. The highest BCUT2D eigenvalue weighted by Gasteiger charge is 2.14. The first-order valence-electron chi connectivity index (χ1n) is 6.51. The minimum absolute atomic E-state index is 0.0481. The molecule has 1 aromatic heterocycles. The Kier molecular flexibility index (Phi) is 4.84. The van der Waals surface area contributed by atoms with Crippen LogP contribution >= 0.6 is 0 Å². The van der Waals surface area contributed by atoms with E-state index in [2.05, 4.69) is 15.4 Å². The number of amides is 1. The van der Waals surface area contributed by atoms with Crippen molar-refractivity contribution in [1.82, 2.24) is 20.1 Å². The third-order valence-electron chi connectivity index (χ3n) is 3.13. The van der Waals surface area contributed by atoms with Crippen LogP contribution in [0.3, 0.4) is 0 Å². The third-order valence-corrected chi connectivity index (χ3v) is 3.13. The van der Waals surface area contributed by atoms with E-state index in [-0.39, 0.29) is 18.6 Å². The molecule has 0 radical (unpaired) electrons. The van der Waals surface area contributed by atoms with Gasteiger partial charge in [0.25, 0.3) is 0 Å². The Morgan fingerprint density at radius 3 is 2.65 bits per heavy atom. The Balaban J connectivity index is 1.78. The monoisotopic (exact) mass is 274 g/mol. The van der Waals surface area contributed by atoms with E-state index in [0.717, 1.165) is 17.5 Å². The molecule has 20 heavy (non-hydrogen) atoms. The van der Waals surface area contributed by atoms with Gasteiger partial charge in [0.05, 0.1) is 6.61 Å². The lowest BCUT2D eigenvalue weighted by Crippen LogP contribution is -2.32. The first-order valence-corrected chi connectivity index (χ1v) is 6.51. The number of benzene rings is 1. The fourth-order valence-corrected chi connectivity index (χ4v) is 1.83. The Bertz CT molecular complexity index is 537. The summed E-state index contributed by atoms with van der Waals surface area (Å²) in [4.78, 5) is 15.7. The van der Waals surface area contributed by atoms with E-state index in [4.69, 9.17) is 5.11 Å². The molecule has 0 aliphatic rings. The largest absolute Gasteiger partial charge is 0.392 e. The Labute approximate surface area is 117 Å². The molecule has 6 heteroatoms. The summed E-state index contributed by atoms with van der Waals surface area (Å²) in [5, 5.41) is 15.8. The summed E-state index contributed by atoms with van der Waals surface area (Å²) in [6.07, 6.45) is 3.69. The van der Waals surface area contributed by atoms with Gasteiger partial charge in [-0.1, -0.05) is 24.3 Å². The number of carbonyl (C=O) groups excluding carboxylic acids is 1. The molecule has 106 valence electrons. The second-order valence-electron chi connectivity index (χ2n) is 4.57. The summed E-state index contributed by atoms with van der Waals surface area (Å²) in [7, 11) is 0. The maximum Gasteiger partial charge on any atom is 0.244 e. The maximum atomic E-state index is 11.9. The predicted octanol–water partition coefficient (Wildman–Crippen LogP) is 0.690. The lowest BCUT2D eigenvalue weighted by atomic mass is 10.1. The van der Waals surface area contributed by atoms with E-state index in [1.165, 1.54) is 17.3 Å². The van der Waals surface area contributed by atoms with E-state index in [1.54, 1.807) is 6.92 Å². The van der Waals surface area contributed by atoms with Crippen LogP contribution in [0.4, 0.5) is 0 Å². The van der Waals surface area contributed by atoms with Crippen molar-refractivity contribution < 1.29 is 9.90 Å². The molecule has 0 fully saturated rings. The minimum Gasteiger partial charge on any atom is -0.392 e. The van der Waals surface area contributed by atoms with Crippen molar-refractivity contribution in [2.75, 3.05) is 6.54 Å². The van der Waals surface area contributed by atoms with Crippen LogP contribution in [0.15, 0.2) is 36.9 Å². The van der Waals surface area contributed by atoms with E-state index in [9.17, 15) is 4.79 Å². The van der Waals surface area contributed by atoms with Crippen LogP contribution in [-0.2, 0) is 17.8 Å². The number of nitrogens with one attached hydrogen (secondary N) is 1. The first-order chi connectivity index (χ1) is 9.70. The lowest BCUT2D eigenvalue weighted by Gasteiger charge is -2.12. The molecule has 1 atom stereocenters. The number of hydrogen-bond donors (Lipinski definition) is 2. The lowest BCUT2D eigenvalue weighted by molar-refractivity contribution is -0.124. The first kappa shape index (κ1) is 14.2. The van der Waals surface area contributed by atoms with E-state index in [0.29, 0.717) is 6.54 Å². The summed E-state index contributed by atoms with van der Waals surface area (Å²) in [6, 6.07) is 7.32. The second-order valence-corrected chi connectivity index (χ2v) is 4.57. The molecule has 1 heterocycles. The number of rotatable bonds is 6. The van der Waals surface area contributed by atoms with Gasteiger partial charge in [0.15, 0.2) is 0 Å². The van der Waals surface area contributed by atoms with Crippen molar-refractivity contribution in [2.45, 2.75) is 26.0 Å². The molecular weight excluding hydrogens is 256 g/mol. The van der Waals surface area contributed by atoms with Crippen LogP contribution in [0.5, 0.6) is 0 Å². The zero-order chi connectivity index (χ0) is 14.4. The number of aliphatic hydroxyl groups is 1. The van der Waals surface area contributed by atoms with E-state index >= 15 is 0 Å². The Morgan fingerprint density at radius 1 is 1.35 bits per heavy atom. The van der Waals surface area contributed by atoms with E-state index < -0.39 is 0 Å². The van der Waals surface area contributed by atoms with Gasteiger partial charge in [0, 0.05) is 6.54 Å². The Hall–Kier alpha value is -2.21. The molecule has 1 unspecified atom stereocenters. The van der Waals surface area contributed by atoms with Crippen molar-refractivity contribution >= 4 is 5.91 Å². The van der Waals surface area contributed by atoms with Crippen LogP contribution in [0, 0.1) is 0 Å². The molecule has 2 rings (SSSR count). The number of nitrogens with zero attached hydrogens (tertiary/aromatic N) is 3. The second kappa shape index (κ2) is 6.81. The molecule has 0 aliphatic carbocycles. The molecule has 0 saturated heterocycles. The zero-order valence-electron chi connectivity index (χ0n) is 11.4. The normalized spacial score (nSPS) is 12.1. The quantitative estimate of drug-likeness (QED) is 0.812. The summed E-state index contributed by atoms with van der Waals surface area (Å²) < 4.78 is 1.52. The summed E-state index contributed by atoms with van der Waals surface area (Å²) >= 11 is 0. The van der Waals surface area contributed by atoms with Crippen LogP contribution in [0.25, 0.3) is 0 Å². The molecule has 2 aromatic rings. The van der Waals surface area contributed by atoms with Crippen molar-refractivity contribution in [3.05, 3.63) is 48.0 Å². The molecule has 1 aromatic carbocycles. The van der Waals surface area contributed by atoms with Gasteiger partial charge in [-0.2, -0.15) is 5.10 Å². The van der Waals surface area contributed by atoms with Crippen molar-refractivity contribution in [3.63, 3.8) is 0 Å². The molecule has 6 nitrogen and oxygen atoms in total. The molecule has 0 aliphatic heterocycles. The maximum absolute atomic E-state index is 11.9. The third kappa shape index (κ3) is 3.64. The van der Waals surface area contributed by atoms with Gasteiger partial charge >= 0.3 is 0 Å². The van der Waals surface area contributed by atoms with Crippen LogP contribution in [0.1, 0.15) is 24.1 Å². The van der Waals surface area contributed by atoms with Gasteiger partial charge < -0.3 is 10.4 Å². The average molecular weight is 274 g/mol. The van der Waals surface area contributed by atoms with Gasteiger partial charge in [-0.15, -0.1) is 0 Å². The average Bonchev–Trinajstić information content (AvgIpc) is 3.01. The molecule has 0 saturated carbocycles. The summed E-state index contributed by atoms with van der Waals surface area (Å²) in [6.45, 7) is 2.39. The van der Waals surface area contributed by atoms with Gasteiger partial charge in [-0.3, -0.25) is 4.79 Å². The number of hydrogen-bond acceptors (Lipinski definition) is 4. The van der Waals surface area contributed by atoms with Gasteiger partial charge in [-0.25, -0.2) is 9.67 Å².